The van der Waals surface area contributed by atoms with Crippen LogP contribution in [0.2, 0.25) is 0 Å². The number of aryl methyl sites for hydroxylation is 1. The highest BCUT2D eigenvalue weighted by atomic mass is 16.6. The summed E-state index contributed by atoms with van der Waals surface area (Å²) < 4.78 is 0. The molecular formula is C16H23N3O3. The second-order valence-electron chi connectivity index (χ2n) is 6.01. The Morgan fingerprint density at radius 2 is 2.23 bits per heavy atom. The summed E-state index contributed by atoms with van der Waals surface area (Å²) in [5.74, 6) is -0.00830. The molecule has 0 saturated carbocycles. The second kappa shape index (κ2) is 6.87. The summed E-state index contributed by atoms with van der Waals surface area (Å²) in [6, 6.07) is 5.27. The zero-order chi connectivity index (χ0) is 16.3. The molecule has 2 unspecified atom stereocenters. The van der Waals surface area contributed by atoms with Gasteiger partial charge >= 0.3 is 0 Å². The van der Waals surface area contributed by atoms with Crippen LogP contribution in [0.25, 0.3) is 0 Å². The van der Waals surface area contributed by atoms with Gasteiger partial charge in [0.15, 0.2) is 0 Å². The van der Waals surface area contributed by atoms with Gasteiger partial charge in [0.05, 0.1) is 4.92 Å². The Kier molecular flexibility index (Phi) is 5.13. The number of piperidine rings is 1. The van der Waals surface area contributed by atoms with E-state index in [0.29, 0.717) is 0 Å². The molecule has 0 radical (unpaired) electrons. The second-order valence-corrected chi connectivity index (χ2v) is 6.01. The number of benzene rings is 1. The molecule has 1 aromatic carbocycles. The van der Waals surface area contributed by atoms with Crippen molar-refractivity contribution in [2.75, 3.05) is 13.1 Å². The predicted molar refractivity (Wildman–Crippen MR) is 84.7 cm³/mol. The molecule has 0 aromatic heterocycles. The molecule has 22 heavy (non-hydrogen) atoms. The molecule has 1 aromatic rings. The third kappa shape index (κ3) is 3.82. The summed E-state index contributed by atoms with van der Waals surface area (Å²) >= 11 is 0. The van der Waals surface area contributed by atoms with Crippen LogP contribution < -0.4 is 5.32 Å². The summed E-state index contributed by atoms with van der Waals surface area (Å²) in [6.45, 7) is 7.31. The van der Waals surface area contributed by atoms with Gasteiger partial charge in [0.25, 0.3) is 5.69 Å². The van der Waals surface area contributed by atoms with Crippen molar-refractivity contribution in [2.24, 2.45) is 0 Å². The Morgan fingerprint density at radius 3 is 2.86 bits per heavy atom. The number of nitro benzene ring substituents is 1. The number of nitro groups is 1. The van der Waals surface area contributed by atoms with Crippen molar-refractivity contribution in [3.63, 3.8) is 0 Å². The van der Waals surface area contributed by atoms with Gasteiger partial charge in [-0.3, -0.25) is 19.8 Å². The van der Waals surface area contributed by atoms with Crippen molar-refractivity contribution >= 4 is 11.6 Å². The minimum atomic E-state index is -0.355. The van der Waals surface area contributed by atoms with Crippen LogP contribution in [0.15, 0.2) is 18.2 Å². The molecule has 1 aliphatic rings. The van der Waals surface area contributed by atoms with Crippen LogP contribution in [0.1, 0.15) is 43.9 Å². The monoisotopic (exact) mass is 305 g/mol. The van der Waals surface area contributed by atoms with Crippen LogP contribution in [0.4, 0.5) is 5.69 Å². The van der Waals surface area contributed by atoms with Crippen LogP contribution in [0.5, 0.6) is 0 Å². The maximum absolute atomic E-state index is 11.2. The van der Waals surface area contributed by atoms with E-state index in [4.69, 9.17) is 0 Å². The van der Waals surface area contributed by atoms with Crippen LogP contribution >= 0.6 is 0 Å². The van der Waals surface area contributed by atoms with Gasteiger partial charge in [-0.2, -0.15) is 0 Å². The fourth-order valence-corrected chi connectivity index (χ4v) is 3.15. The van der Waals surface area contributed by atoms with Gasteiger partial charge in [-0.15, -0.1) is 0 Å². The minimum absolute atomic E-state index is 0.00830. The molecule has 1 aliphatic heterocycles. The van der Waals surface area contributed by atoms with E-state index in [2.05, 4.69) is 17.1 Å². The summed E-state index contributed by atoms with van der Waals surface area (Å²) in [4.78, 5) is 24.1. The molecule has 2 atom stereocenters. The molecule has 0 spiro atoms. The van der Waals surface area contributed by atoms with E-state index in [1.807, 2.05) is 6.92 Å². The van der Waals surface area contributed by atoms with Gasteiger partial charge in [-0.25, -0.2) is 0 Å². The number of nitrogens with zero attached hydrogens (tertiary/aromatic N) is 2. The summed E-state index contributed by atoms with van der Waals surface area (Å²) in [5, 5.41) is 14.0. The van der Waals surface area contributed by atoms with E-state index < -0.39 is 0 Å². The fraction of sp³-hybridized carbons (Fsp3) is 0.562. The zero-order valence-electron chi connectivity index (χ0n) is 13.3. The topological polar surface area (TPSA) is 75.5 Å². The lowest BCUT2D eigenvalue weighted by molar-refractivity contribution is -0.385. The molecule has 120 valence electrons. The number of carbonyl (C=O) groups is 1. The smallest absolute Gasteiger partial charge is 0.269 e. The lowest BCUT2D eigenvalue weighted by Crippen LogP contribution is -2.47. The number of amides is 1. The molecule has 0 aliphatic carbocycles. The van der Waals surface area contributed by atoms with Gasteiger partial charge in [0.1, 0.15) is 0 Å². The van der Waals surface area contributed by atoms with Crippen molar-refractivity contribution < 1.29 is 9.72 Å². The first kappa shape index (κ1) is 16.4. The quantitative estimate of drug-likeness (QED) is 0.685. The first-order valence-electron chi connectivity index (χ1n) is 7.64. The Morgan fingerprint density at radius 1 is 1.50 bits per heavy atom. The maximum atomic E-state index is 11.2. The van der Waals surface area contributed by atoms with Gasteiger partial charge in [-0.05, 0) is 44.4 Å². The van der Waals surface area contributed by atoms with E-state index in [0.717, 1.165) is 37.1 Å². The molecule has 1 heterocycles. The normalized spacial score (nSPS) is 20.4. The highest BCUT2D eigenvalue weighted by molar-refractivity contribution is 5.73. The standard InChI is InChI=1S/C16H23N3O3/c1-11-6-7-15(19(21)22)9-16(11)12(2)18-8-4-5-14(10-18)17-13(3)20/h6-7,9,12,14H,4-5,8,10H2,1-3H3,(H,17,20). The molecule has 1 fully saturated rings. The van der Waals surface area contributed by atoms with Gasteiger partial charge in [0.2, 0.25) is 5.91 Å². The zero-order valence-corrected chi connectivity index (χ0v) is 13.3. The van der Waals surface area contributed by atoms with E-state index in [1.165, 1.54) is 6.92 Å². The van der Waals surface area contributed by atoms with Crippen LogP contribution in [-0.2, 0) is 4.79 Å². The average Bonchev–Trinajstić information content (AvgIpc) is 2.46. The highest BCUT2D eigenvalue weighted by Gasteiger charge is 2.26. The molecule has 6 heteroatoms. The minimum Gasteiger partial charge on any atom is -0.352 e. The van der Waals surface area contributed by atoms with E-state index in [9.17, 15) is 14.9 Å². The first-order valence-corrected chi connectivity index (χ1v) is 7.64. The van der Waals surface area contributed by atoms with E-state index in [-0.39, 0.29) is 28.6 Å². The number of nitrogens with one attached hydrogen (secondary N) is 1. The van der Waals surface area contributed by atoms with Crippen LogP contribution in [-0.4, -0.2) is 34.9 Å². The van der Waals surface area contributed by atoms with E-state index >= 15 is 0 Å². The van der Waals surface area contributed by atoms with Crippen molar-refractivity contribution in [1.82, 2.24) is 10.2 Å². The molecule has 6 nitrogen and oxygen atoms in total. The van der Waals surface area contributed by atoms with Crippen molar-refractivity contribution in [2.45, 2.75) is 45.7 Å². The van der Waals surface area contributed by atoms with Gasteiger partial charge in [0, 0.05) is 37.7 Å². The number of hydrogen-bond acceptors (Lipinski definition) is 4. The Labute approximate surface area is 130 Å². The van der Waals surface area contributed by atoms with Crippen LogP contribution in [0, 0.1) is 17.0 Å². The van der Waals surface area contributed by atoms with Gasteiger partial charge < -0.3 is 5.32 Å². The first-order chi connectivity index (χ1) is 10.4. The largest absolute Gasteiger partial charge is 0.352 e. The van der Waals surface area contributed by atoms with Crippen LogP contribution in [0.3, 0.4) is 0 Å². The Hall–Kier alpha value is -1.95. The third-order valence-corrected chi connectivity index (χ3v) is 4.33. The van der Waals surface area contributed by atoms with Crippen molar-refractivity contribution in [3.8, 4) is 0 Å². The Bertz CT molecular complexity index is 574. The number of hydrogen-bond donors (Lipinski definition) is 1. The van der Waals surface area contributed by atoms with Crippen molar-refractivity contribution in [1.29, 1.82) is 0 Å². The summed E-state index contributed by atoms with van der Waals surface area (Å²) in [5.41, 5.74) is 2.17. The maximum Gasteiger partial charge on any atom is 0.269 e. The molecule has 1 saturated heterocycles. The lowest BCUT2D eigenvalue weighted by atomic mass is 9.97. The van der Waals surface area contributed by atoms with E-state index in [1.54, 1.807) is 18.2 Å². The highest BCUT2D eigenvalue weighted by Crippen LogP contribution is 2.29. The number of carbonyl (C=O) groups excluding carboxylic acids is 1. The molecular weight excluding hydrogens is 282 g/mol. The Balaban J connectivity index is 2.16. The summed E-state index contributed by atoms with van der Waals surface area (Å²) in [6.07, 6.45) is 2.00. The predicted octanol–water partition coefficient (Wildman–Crippen LogP) is 2.56. The van der Waals surface area contributed by atoms with Crippen molar-refractivity contribution in [3.05, 3.63) is 39.4 Å². The molecule has 2 rings (SSSR count). The lowest BCUT2D eigenvalue weighted by Gasteiger charge is -2.37. The SMILES string of the molecule is CC(=O)NC1CCCN(C(C)c2cc([N+](=O)[O-])ccc2C)C1. The average molecular weight is 305 g/mol. The number of rotatable bonds is 4. The molecule has 1 amide bonds. The number of likely N-dealkylation sites (tertiary alicyclic amines) is 1. The fourth-order valence-electron chi connectivity index (χ4n) is 3.15. The third-order valence-electron chi connectivity index (χ3n) is 4.33. The molecule has 0 bridgehead atoms. The number of non-ortho nitro benzene ring substituents is 1. The summed E-state index contributed by atoms with van der Waals surface area (Å²) in [7, 11) is 0. The van der Waals surface area contributed by atoms with Gasteiger partial charge in [-0.1, -0.05) is 6.07 Å². The molecule has 1 N–H and O–H groups in total.